The van der Waals surface area contributed by atoms with Crippen LogP contribution in [-0.2, 0) is 0 Å². The molecule has 7 nitrogen and oxygen atoms in total. The molecule has 1 atom stereocenters. The van der Waals surface area contributed by atoms with E-state index >= 15 is 0 Å². The molecular weight excluding hydrogens is 342 g/mol. The van der Waals surface area contributed by atoms with Crippen LogP contribution < -0.4 is 16.2 Å². The number of primary amides is 1. The number of aromatic nitrogens is 3. The van der Waals surface area contributed by atoms with Crippen LogP contribution >= 0.6 is 0 Å². The predicted octanol–water partition coefficient (Wildman–Crippen LogP) is 2.11. The van der Waals surface area contributed by atoms with Gasteiger partial charge in [0.15, 0.2) is 0 Å². The van der Waals surface area contributed by atoms with Gasteiger partial charge in [-0.3, -0.25) is 9.59 Å². The maximum absolute atomic E-state index is 11.9. The molecular formula is C20H21N5O2. The van der Waals surface area contributed by atoms with Gasteiger partial charge in [-0.05, 0) is 31.9 Å². The first-order chi connectivity index (χ1) is 13.0. The number of carbonyl (C=O) groups is 1. The molecule has 0 saturated carbocycles. The summed E-state index contributed by atoms with van der Waals surface area (Å²) in [4.78, 5) is 37.8. The predicted molar refractivity (Wildman–Crippen MR) is 104 cm³/mol. The maximum Gasteiger partial charge on any atom is 0.251 e. The number of hydrogen-bond donors (Lipinski definition) is 2. The van der Waals surface area contributed by atoms with Gasteiger partial charge in [0.25, 0.3) is 5.56 Å². The second-order valence-electron chi connectivity index (χ2n) is 6.95. The summed E-state index contributed by atoms with van der Waals surface area (Å²) in [6.07, 6.45) is 1.92. The number of carbonyl (C=O) groups excluding carboxylic acids is 1. The number of nitrogens with one attached hydrogen (secondary N) is 1. The van der Waals surface area contributed by atoms with E-state index in [9.17, 15) is 9.59 Å². The molecule has 1 fully saturated rings. The van der Waals surface area contributed by atoms with E-state index in [4.69, 9.17) is 10.7 Å². The summed E-state index contributed by atoms with van der Waals surface area (Å²) < 4.78 is 0. The number of piperidine rings is 1. The third kappa shape index (κ3) is 3.40. The fourth-order valence-electron chi connectivity index (χ4n) is 3.77. The zero-order valence-corrected chi connectivity index (χ0v) is 15.1. The number of H-pyrrole nitrogens is 1. The minimum atomic E-state index is -0.463. The van der Waals surface area contributed by atoms with E-state index in [1.54, 1.807) is 19.1 Å². The van der Waals surface area contributed by atoms with Gasteiger partial charge in [-0.2, -0.15) is 0 Å². The van der Waals surface area contributed by atoms with Crippen molar-refractivity contribution >= 4 is 22.6 Å². The van der Waals surface area contributed by atoms with Crippen LogP contribution in [0.4, 0.5) is 5.82 Å². The number of fused-ring (bicyclic) bond motifs is 1. The van der Waals surface area contributed by atoms with Gasteiger partial charge in [0.05, 0.1) is 16.8 Å². The van der Waals surface area contributed by atoms with Crippen LogP contribution in [0.2, 0.25) is 0 Å². The standard InChI is InChI=1S/C20H21N5O2/c1-12-22-17(10-19(26)23-12)13-5-4-8-25(11-13)18-9-15(20(21)27)14-6-2-3-7-16(14)24-18/h2-3,6-7,9-10,13H,4-5,8,11H2,1H3,(H2,21,27)(H,22,23,26). The first-order valence-electron chi connectivity index (χ1n) is 9.03. The van der Waals surface area contributed by atoms with Crippen LogP contribution in [0.15, 0.2) is 41.2 Å². The topological polar surface area (TPSA) is 105 Å². The second-order valence-corrected chi connectivity index (χ2v) is 6.95. The first-order valence-corrected chi connectivity index (χ1v) is 9.03. The van der Waals surface area contributed by atoms with Crippen molar-refractivity contribution in [2.75, 3.05) is 18.0 Å². The molecule has 1 saturated heterocycles. The van der Waals surface area contributed by atoms with Gasteiger partial charge in [0.1, 0.15) is 11.6 Å². The van der Waals surface area contributed by atoms with E-state index in [0.29, 0.717) is 17.9 Å². The van der Waals surface area contributed by atoms with Crippen molar-refractivity contribution in [3.8, 4) is 0 Å². The minimum absolute atomic E-state index is 0.130. The van der Waals surface area contributed by atoms with Crippen molar-refractivity contribution in [3.63, 3.8) is 0 Å². The Bertz CT molecular complexity index is 1080. The number of anilines is 1. The number of nitrogens with zero attached hydrogens (tertiary/aromatic N) is 3. The number of amides is 1. The van der Waals surface area contributed by atoms with E-state index < -0.39 is 5.91 Å². The highest BCUT2D eigenvalue weighted by Crippen LogP contribution is 2.30. The zero-order chi connectivity index (χ0) is 19.0. The number of nitrogens with two attached hydrogens (primary N) is 1. The smallest absolute Gasteiger partial charge is 0.251 e. The molecule has 1 aromatic carbocycles. The number of hydrogen-bond acceptors (Lipinski definition) is 5. The quantitative estimate of drug-likeness (QED) is 0.741. The highest BCUT2D eigenvalue weighted by Gasteiger charge is 2.25. The van der Waals surface area contributed by atoms with Gasteiger partial charge in [0.2, 0.25) is 5.91 Å². The maximum atomic E-state index is 11.9. The van der Waals surface area contributed by atoms with Crippen molar-refractivity contribution in [1.29, 1.82) is 0 Å². The molecule has 0 spiro atoms. The van der Waals surface area contributed by atoms with Gasteiger partial charge in [-0.15, -0.1) is 0 Å². The lowest BCUT2D eigenvalue weighted by Crippen LogP contribution is -2.36. The summed E-state index contributed by atoms with van der Waals surface area (Å²) in [5, 5.41) is 0.759. The van der Waals surface area contributed by atoms with Crippen LogP contribution in [0.25, 0.3) is 10.9 Å². The number of para-hydroxylation sites is 1. The number of aromatic amines is 1. The van der Waals surface area contributed by atoms with Crippen LogP contribution in [0.5, 0.6) is 0 Å². The van der Waals surface area contributed by atoms with E-state index in [2.05, 4.69) is 14.9 Å². The molecule has 1 aliphatic rings. The summed E-state index contributed by atoms with van der Waals surface area (Å²) >= 11 is 0. The molecule has 0 bridgehead atoms. The Morgan fingerprint density at radius 2 is 2.07 bits per heavy atom. The summed E-state index contributed by atoms with van der Waals surface area (Å²) in [6.45, 7) is 3.32. The lowest BCUT2D eigenvalue weighted by Gasteiger charge is -2.33. The van der Waals surface area contributed by atoms with Crippen molar-refractivity contribution in [1.82, 2.24) is 15.0 Å². The molecule has 1 unspecified atom stereocenters. The van der Waals surface area contributed by atoms with Crippen molar-refractivity contribution in [3.05, 3.63) is 63.8 Å². The van der Waals surface area contributed by atoms with Crippen LogP contribution in [0, 0.1) is 6.92 Å². The van der Waals surface area contributed by atoms with Crippen LogP contribution in [-0.4, -0.2) is 33.9 Å². The van der Waals surface area contributed by atoms with Gasteiger partial charge in [-0.25, -0.2) is 9.97 Å². The molecule has 3 N–H and O–H groups in total. The number of aryl methyl sites for hydroxylation is 1. The minimum Gasteiger partial charge on any atom is -0.366 e. The fourth-order valence-corrected chi connectivity index (χ4v) is 3.77. The summed E-state index contributed by atoms with van der Waals surface area (Å²) in [6, 6.07) is 10.8. The van der Waals surface area contributed by atoms with Crippen molar-refractivity contribution in [2.24, 2.45) is 5.73 Å². The molecule has 0 radical (unpaired) electrons. The lowest BCUT2D eigenvalue weighted by molar-refractivity contribution is 0.100. The molecule has 7 heteroatoms. The largest absolute Gasteiger partial charge is 0.366 e. The number of rotatable bonds is 3. The number of benzene rings is 1. The average Bonchev–Trinajstić information content (AvgIpc) is 2.66. The van der Waals surface area contributed by atoms with Crippen LogP contribution in [0.1, 0.15) is 40.6 Å². The zero-order valence-electron chi connectivity index (χ0n) is 15.1. The third-order valence-corrected chi connectivity index (χ3v) is 5.01. The SMILES string of the molecule is Cc1nc(C2CCCN(c3cc(C(N)=O)c4ccccc4n3)C2)cc(=O)[nH]1. The molecule has 4 rings (SSSR count). The van der Waals surface area contributed by atoms with Gasteiger partial charge in [0, 0.05) is 30.5 Å². The van der Waals surface area contributed by atoms with Crippen molar-refractivity contribution < 1.29 is 4.79 Å². The van der Waals surface area contributed by atoms with Gasteiger partial charge < -0.3 is 15.6 Å². The Morgan fingerprint density at radius 1 is 1.26 bits per heavy atom. The highest BCUT2D eigenvalue weighted by molar-refractivity contribution is 6.06. The molecule has 138 valence electrons. The Balaban J connectivity index is 1.71. The molecule has 3 aromatic rings. The Morgan fingerprint density at radius 3 is 2.85 bits per heavy atom. The summed E-state index contributed by atoms with van der Waals surface area (Å²) in [5.41, 5.74) is 7.49. The second kappa shape index (κ2) is 6.83. The Hall–Kier alpha value is -3.22. The summed E-state index contributed by atoms with van der Waals surface area (Å²) in [5.74, 6) is 1.03. The first kappa shape index (κ1) is 17.2. The van der Waals surface area contributed by atoms with E-state index in [1.165, 1.54) is 0 Å². The van der Waals surface area contributed by atoms with Gasteiger partial charge in [-0.1, -0.05) is 18.2 Å². The Kier molecular flexibility index (Phi) is 4.35. The lowest BCUT2D eigenvalue weighted by atomic mass is 9.94. The Labute approximate surface area is 156 Å². The fraction of sp³-hybridized carbons (Fsp3) is 0.300. The molecule has 2 aromatic heterocycles. The monoisotopic (exact) mass is 363 g/mol. The molecule has 27 heavy (non-hydrogen) atoms. The molecule has 1 amide bonds. The summed E-state index contributed by atoms with van der Waals surface area (Å²) in [7, 11) is 0. The third-order valence-electron chi connectivity index (χ3n) is 5.01. The average molecular weight is 363 g/mol. The van der Waals surface area contributed by atoms with E-state index in [1.807, 2.05) is 24.3 Å². The molecule has 3 heterocycles. The van der Waals surface area contributed by atoms with Crippen molar-refractivity contribution in [2.45, 2.75) is 25.7 Å². The molecule has 1 aliphatic heterocycles. The van der Waals surface area contributed by atoms with Crippen LogP contribution in [0.3, 0.4) is 0 Å². The van der Waals surface area contributed by atoms with Gasteiger partial charge >= 0.3 is 0 Å². The highest BCUT2D eigenvalue weighted by atomic mass is 16.1. The molecule has 0 aliphatic carbocycles. The number of pyridine rings is 1. The normalized spacial score (nSPS) is 17.2. The van der Waals surface area contributed by atoms with E-state index in [0.717, 1.165) is 41.8 Å². The van der Waals surface area contributed by atoms with E-state index in [-0.39, 0.29) is 11.5 Å².